The fourth-order valence-corrected chi connectivity index (χ4v) is 6.05. The molecule has 192 valence electrons. The van der Waals surface area contributed by atoms with Crippen LogP contribution < -0.4 is 15.3 Å². The van der Waals surface area contributed by atoms with E-state index in [-0.39, 0.29) is 35.1 Å². The van der Waals surface area contributed by atoms with Crippen molar-refractivity contribution in [3.63, 3.8) is 0 Å². The molecule has 0 amide bonds. The molecular weight excluding hydrogens is 447 g/mol. The van der Waals surface area contributed by atoms with Crippen molar-refractivity contribution in [2.24, 2.45) is 53.3 Å². The number of aliphatic carboxylic acids is 3. The van der Waals surface area contributed by atoms with E-state index >= 15 is 0 Å². The number of hydrogen-bond acceptors (Lipinski definition) is 6. The van der Waals surface area contributed by atoms with Gasteiger partial charge < -0.3 is 29.7 Å². The molecule has 0 aliphatic heterocycles. The first-order valence-electron chi connectivity index (χ1n) is 13.0. The Hall–Kier alpha value is -1.06. The van der Waals surface area contributed by atoms with Crippen LogP contribution in [0.25, 0.3) is 0 Å². The second-order valence-corrected chi connectivity index (χ2v) is 11.5. The maximum atomic E-state index is 10.6. The van der Waals surface area contributed by atoms with Gasteiger partial charge in [0.25, 0.3) is 0 Å². The largest absolute Gasteiger partial charge is 3.00 e. The van der Waals surface area contributed by atoms with Gasteiger partial charge in [-0.05, 0) is 74.0 Å². The second kappa shape index (κ2) is 15.8. The molecular formula is C27H45AlO6. The summed E-state index contributed by atoms with van der Waals surface area (Å²) in [7, 11) is 0. The van der Waals surface area contributed by atoms with Gasteiger partial charge in [-0.3, -0.25) is 0 Å². The third-order valence-electron chi connectivity index (χ3n) is 8.20. The van der Waals surface area contributed by atoms with Crippen LogP contribution in [0.15, 0.2) is 0 Å². The number of rotatable bonds is 3. The Morgan fingerprint density at radius 1 is 0.471 bits per heavy atom. The minimum absolute atomic E-state index is 0. The van der Waals surface area contributed by atoms with Crippen LogP contribution in [0.4, 0.5) is 0 Å². The van der Waals surface area contributed by atoms with Crippen LogP contribution in [-0.4, -0.2) is 35.3 Å². The molecule has 3 fully saturated rings. The summed E-state index contributed by atoms with van der Waals surface area (Å²) in [5.74, 6) is -0.125. The van der Waals surface area contributed by atoms with E-state index < -0.39 is 17.9 Å². The van der Waals surface area contributed by atoms with E-state index in [4.69, 9.17) is 0 Å². The zero-order chi connectivity index (χ0) is 25.3. The third kappa shape index (κ3) is 11.1. The summed E-state index contributed by atoms with van der Waals surface area (Å²) >= 11 is 0. The molecule has 9 unspecified atom stereocenters. The van der Waals surface area contributed by atoms with Crippen LogP contribution in [0.2, 0.25) is 0 Å². The Morgan fingerprint density at radius 3 is 0.824 bits per heavy atom. The first-order chi connectivity index (χ1) is 15.3. The average Bonchev–Trinajstić information content (AvgIpc) is 2.68. The molecule has 34 heavy (non-hydrogen) atoms. The van der Waals surface area contributed by atoms with E-state index in [0.717, 1.165) is 57.8 Å². The van der Waals surface area contributed by atoms with Crippen molar-refractivity contribution in [1.82, 2.24) is 0 Å². The Balaban J connectivity index is 0.000000473. The summed E-state index contributed by atoms with van der Waals surface area (Å²) in [5, 5.41) is 31.7. The molecule has 3 saturated carbocycles. The van der Waals surface area contributed by atoms with Gasteiger partial charge in [0.05, 0.1) is 0 Å². The minimum atomic E-state index is -0.857. The number of carboxylic acids is 3. The molecule has 7 heteroatoms. The molecule has 6 nitrogen and oxygen atoms in total. The van der Waals surface area contributed by atoms with Crippen molar-refractivity contribution in [2.45, 2.75) is 99.3 Å². The minimum Gasteiger partial charge on any atom is -0.550 e. The molecule has 0 spiro atoms. The summed E-state index contributed by atoms with van der Waals surface area (Å²) < 4.78 is 0. The van der Waals surface area contributed by atoms with Crippen LogP contribution in [0.3, 0.4) is 0 Å². The van der Waals surface area contributed by atoms with Gasteiger partial charge in [0.15, 0.2) is 0 Å². The van der Waals surface area contributed by atoms with Gasteiger partial charge in [-0.2, -0.15) is 0 Å². The van der Waals surface area contributed by atoms with Crippen LogP contribution in [0.1, 0.15) is 99.3 Å². The van der Waals surface area contributed by atoms with Crippen LogP contribution in [-0.2, 0) is 14.4 Å². The summed E-state index contributed by atoms with van der Waals surface area (Å²) in [4.78, 5) is 31.7. The van der Waals surface area contributed by atoms with Crippen molar-refractivity contribution in [3.05, 3.63) is 0 Å². The summed E-state index contributed by atoms with van der Waals surface area (Å²) in [6.07, 6.45) is 8.69. The molecule has 0 N–H and O–H groups in total. The zero-order valence-electron chi connectivity index (χ0n) is 22.1. The number of carboxylic acid groups (broad SMARTS) is 3. The Morgan fingerprint density at radius 2 is 0.676 bits per heavy atom. The van der Waals surface area contributed by atoms with Crippen LogP contribution in [0, 0.1) is 53.3 Å². The smallest absolute Gasteiger partial charge is 0.550 e. The molecule has 3 rings (SSSR count). The second-order valence-electron chi connectivity index (χ2n) is 11.5. The topological polar surface area (TPSA) is 120 Å². The first-order valence-corrected chi connectivity index (χ1v) is 13.0. The third-order valence-corrected chi connectivity index (χ3v) is 8.20. The van der Waals surface area contributed by atoms with E-state index in [2.05, 4.69) is 20.8 Å². The molecule has 0 radical (unpaired) electrons. The maximum Gasteiger partial charge on any atom is 3.00 e. The van der Waals surface area contributed by atoms with E-state index in [9.17, 15) is 29.7 Å². The summed E-state index contributed by atoms with van der Waals surface area (Å²) in [6.45, 7) is 12.6. The average molecular weight is 493 g/mol. The SMILES string of the molecule is CC1CCC(C(=O)[O-])C(C)C1.CC1CCC(C(=O)[O-])C(C)C1.CC1CCC(C(=O)[O-])C(C)C1.[Al+3]. The van der Waals surface area contributed by atoms with Crippen molar-refractivity contribution < 1.29 is 29.7 Å². The van der Waals surface area contributed by atoms with Crippen molar-refractivity contribution in [2.75, 3.05) is 0 Å². The number of carbonyl (C=O) groups excluding carboxylic acids is 3. The normalized spacial score (nSPS) is 37.4. The molecule has 0 aromatic rings. The maximum absolute atomic E-state index is 10.6. The van der Waals surface area contributed by atoms with Gasteiger partial charge in [0.1, 0.15) is 0 Å². The van der Waals surface area contributed by atoms with Gasteiger partial charge in [0, 0.05) is 35.7 Å². The monoisotopic (exact) mass is 492 g/mol. The first kappa shape index (κ1) is 32.9. The predicted molar refractivity (Wildman–Crippen MR) is 128 cm³/mol. The van der Waals surface area contributed by atoms with E-state index in [1.807, 2.05) is 20.8 Å². The van der Waals surface area contributed by atoms with E-state index in [0.29, 0.717) is 35.5 Å². The van der Waals surface area contributed by atoms with Gasteiger partial charge in [-0.15, -0.1) is 0 Å². The van der Waals surface area contributed by atoms with Crippen molar-refractivity contribution >= 4 is 35.3 Å². The number of carbonyl (C=O) groups is 3. The Kier molecular flexibility index (Phi) is 15.3. The van der Waals surface area contributed by atoms with Crippen LogP contribution >= 0.6 is 0 Å². The van der Waals surface area contributed by atoms with Gasteiger partial charge in [0.2, 0.25) is 0 Å². The molecule has 0 bridgehead atoms. The zero-order valence-corrected chi connectivity index (χ0v) is 23.2. The molecule has 3 aliphatic carbocycles. The molecule has 0 aromatic heterocycles. The van der Waals surface area contributed by atoms with Crippen molar-refractivity contribution in [1.29, 1.82) is 0 Å². The van der Waals surface area contributed by atoms with E-state index in [1.54, 1.807) is 0 Å². The quantitative estimate of drug-likeness (QED) is 0.556. The van der Waals surface area contributed by atoms with Crippen LogP contribution in [0.5, 0.6) is 0 Å². The summed E-state index contributed by atoms with van der Waals surface area (Å²) in [6, 6.07) is 0. The molecule has 0 aromatic carbocycles. The Bertz CT molecular complexity index is 553. The molecule has 3 aliphatic rings. The Labute approximate surface area is 217 Å². The fraction of sp³-hybridized carbons (Fsp3) is 0.889. The predicted octanol–water partition coefficient (Wildman–Crippen LogP) is 2.05. The van der Waals surface area contributed by atoms with Gasteiger partial charge >= 0.3 is 17.4 Å². The summed E-state index contributed by atoms with van der Waals surface area (Å²) in [5.41, 5.74) is 0. The molecule has 0 heterocycles. The van der Waals surface area contributed by atoms with E-state index in [1.165, 1.54) is 0 Å². The van der Waals surface area contributed by atoms with Crippen molar-refractivity contribution in [3.8, 4) is 0 Å². The standard InChI is InChI=1S/3C9H16O2.Al/c3*1-6-3-4-8(9(10)11)7(2)5-6;/h3*6-8H,3-5H2,1-2H3,(H,10,11);/q;;;+3/p-3. The van der Waals surface area contributed by atoms with Gasteiger partial charge in [-0.1, -0.05) is 60.8 Å². The van der Waals surface area contributed by atoms with Gasteiger partial charge in [-0.25, -0.2) is 0 Å². The fourth-order valence-electron chi connectivity index (χ4n) is 6.05. The molecule has 9 atom stereocenters. The number of hydrogen-bond donors (Lipinski definition) is 0. The molecule has 0 saturated heterocycles.